The number of fused-ring (bicyclic) bond motifs is 1. The molecule has 0 saturated carbocycles. The van der Waals surface area contributed by atoms with Crippen LogP contribution in [0.3, 0.4) is 0 Å². The third-order valence-corrected chi connectivity index (χ3v) is 6.03. The lowest BCUT2D eigenvalue weighted by atomic mass is 9.81. The van der Waals surface area contributed by atoms with E-state index >= 15 is 0 Å². The van der Waals surface area contributed by atoms with Crippen molar-refractivity contribution in [3.05, 3.63) is 65.9 Å². The molecule has 166 valence electrons. The summed E-state index contributed by atoms with van der Waals surface area (Å²) >= 11 is 0. The molecule has 3 aromatic rings. The van der Waals surface area contributed by atoms with Gasteiger partial charge in [0, 0.05) is 31.7 Å². The maximum Gasteiger partial charge on any atom is 0.416 e. The molecule has 0 spiro atoms. The molecule has 0 unspecified atom stereocenters. The summed E-state index contributed by atoms with van der Waals surface area (Å²) in [5.41, 5.74) is -0.270. The van der Waals surface area contributed by atoms with Crippen molar-refractivity contribution in [2.24, 2.45) is 5.92 Å². The van der Waals surface area contributed by atoms with Gasteiger partial charge in [0.1, 0.15) is 11.6 Å². The van der Waals surface area contributed by atoms with Crippen LogP contribution in [0.25, 0.3) is 5.69 Å². The maximum absolute atomic E-state index is 14.0. The Hall–Kier alpha value is -3.50. The van der Waals surface area contributed by atoms with E-state index in [1.54, 1.807) is 9.80 Å². The van der Waals surface area contributed by atoms with Crippen LogP contribution in [0.5, 0.6) is 0 Å². The van der Waals surface area contributed by atoms with E-state index in [-0.39, 0.29) is 29.2 Å². The molecular formula is C21H18F4N6O. The van der Waals surface area contributed by atoms with Gasteiger partial charge in [-0.2, -0.15) is 28.2 Å². The summed E-state index contributed by atoms with van der Waals surface area (Å²) in [6.45, 7) is 1.42. The Labute approximate surface area is 180 Å². The van der Waals surface area contributed by atoms with Crippen molar-refractivity contribution in [2.45, 2.75) is 18.6 Å². The van der Waals surface area contributed by atoms with E-state index in [1.807, 2.05) is 0 Å². The van der Waals surface area contributed by atoms with Gasteiger partial charge in [-0.1, -0.05) is 0 Å². The lowest BCUT2D eigenvalue weighted by molar-refractivity contribution is -0.137. The molecule has 5 rings (SSSR count). The normalized spacial score (nSPS) is 20.6. The second-order valence-corrected chi connectivity index (χ2v) is 7.90. The van der Waals surface area contributed by atoms with Gasteiger partial charge in [-0.15, -0.1) is 0 Å². The van der Waals surface area contributed by atoms with Crippen molar-refractivity contribution in [1.82, 2.24) is 24.9 Å². The van der Waals surface area contributed by atoms with Crippen LogP contribution in [-0.4, -0.2) is 56.5 Å². The summed E-state index contributed by atoms with van der Waals surface area (Å²) < 4.78 is 53.2. The number of likely N-dealkylation sites (tertiary alicyclic amines) is 1. The molecule has 2 fully saturated rings. The Balaban J connectivity index is 1.38. The fraction of sp³-hybridized carbons (Fsp3) is 0.333. The van der Waals surface area contributed by atoms with Crippen molar-refractivity contribution in [3.8, 4) is 5.69 Å². The number of carbonyl (C=O) groups excluding carboxylic acids is 1. The molecule has 7 nitrogen and oxygen atoms in total. The fourth-order valence-corrected chi connectivity index (χ4v) is 4.35. The number of nitrogens with zero attached hydrogens (tertiary/aromatic N) is 6. The summed E-state index contributed by atoms with van der Waals surface area (Å²) in [5, 5.41) is 8.06. The minimum absolute atomic E-state index is 0.133. The zero-order valence-corrected chi connectivity index (χ0v) is 16.7. The van der Waals surface area contributed by atoms with Gasteiger partial charge in [0.25, 0.3) is 5.91 Å². The molecule has 32 heavy (non-hydrogen) atoms. The Bertz CT molecular complexity index is 1150. The van der Waals surface area contributed by atoms with Gasteiger partial charge >= 0.3 is 6.18 Å². The van der Waals surface area contributed by atoms with Gasteiger partial charge in [0.15, 0.2) is 0 Å². The first-order valence-corrected chi connectivity index (χ1v) is 10.1. The first kappa shape index (κ1) is 20.4. The summed E-state index contributed by atoms with van der Waals surface area (Å²) in [4.78, 5) is 22.0. The molecule has 2 aliphatic heterocycles. The Morgan fingerprint density at radius 1 is 1.03 bits per heavy atom. The highest BCUT2D eigenvalue weighted by atomic mass is 19.4. The number of hydrogen-bond donors (Lipinski definition) is 0. The molecule has 0 bridgehead atoms. The molecular weight excluding hydrogens is 428 g/mol. The van der Waals surface area contributed by atoms with E-state index in [1.165, 1.54) is 29.3 Å². The standard InChI is InChI=1S/C21H18F4N6O/c22-15-1-2-17(31-27-6-7-28-31)16(10-15)20(32)30-11-13-4-8-29(12-18(13)30)19-9-14(3-5-26-19)21(23,24)25/h1-3,5-7,9-10,13,18H,4,8,11-12H2/t13-,18-/m1/s1. The van der Waals surface area contributed by atoms with Crippen LogP contribution >= 0.6 is 0 Å². The summed E-state index contributed by atoms with van der Waals surface area (Å²) in [5.74, 6) is -0.456. The molecule has 1 amide bonds. The Kier molecular flexibility index (Phi) is 4.83. The quantitative estimate of drug-likeness (QED) is 0.579. The number of anilines is 1. The number of hydrogen-bond acceptors (Lipinski definition) is 5. The molecule has 2 aliphatic rings. The highest BCUT2D eigenvalue weighted by molar-refractivity contribution is 5.98. The van der Waals surface area contributed by atoms with Gasteiger partial charge in [0.05, 0.1) is 35.2 Å². The zero-order valence-electron chi connectivity index (χ0n) is 16.7. The van der Waals surface area contributed by atoms with E-state index in [4.69, 9.17) is 0 Å². The largest absolute Gasteiger partial charge is 0.416 e. The lowest BCUT2D eigenvalue weighted by Gasteiger charge is -2.53. The second-order valence-electron chi connectivity index (χ2n) is 7.90. The highest BCUT2D eigenvalue weighted by Gasteiger charge is 2.46. The summed E-state index contributed by atoms with van der Waals surface area (Å²) in [6.07, 6.45) is 0.326. The van der Waals surface area contributed by atoms with E-state index in [0.29, 0.717) is 25.3 Å². The van der Waals surface area contributed by atoms with Crippen LogP contribution < -0.4 is 4.90 Å². The third kappa shape index (κ3) is 3.57. The first-order valence-electron chi connectivity index (χ1n) is 10.1. The second kappa shape index (κ2) is 7.57. The van der Waals surface area contributed by atoms with Crippen molar-refractivity contribution >= 4 is 11.7 Å². The SMILES string of the molecule is O=C(c1cc(F)ccc1-n1nccn1)N1C[C@H]2CCN(c3cc(C(F)(F)F)ccn3)C[C@H]21. The smallest absolute Gasteiger partial charge is 0.355 e. The summed E-state index contributed by atoms with van der Waals surface area (Å²) in [6, 6.07) is 5.59. The van der Waals surface area contributed by atoms with Crippen molar-refractivity contribution in [3.63, 3.8) is 0 Å². The minimum atomic E-state index is -4.46. The average molecular weight is 446 g/mol. The molecule has 0 aliphatic carbocycles. The zero-order chi connectivity index (χ0) is 22.5. The van der Waals surface area contributed by atoms with Crippen LogP contribution in [0.4, 0.5) is 23.4 Å². The van der Waals surface area contributed by atoms with Crippen LogP contribution in [0.1, 0.15) is 22.3 Å². The molecule has 0 radical (unpaired) electrons. The number of carbonyl (C=O) groups is 1. The number of benzene rings is 1. The predicted molar refractivity (Wildman–Crippen MR) is 106 cm³/mol. The lowest BCUT2D eigenvalue weighted by Crippen LogP contribution is -2.66. The number of alkyl halides is 3. The van der Waals surface area contributed by atoms with Crippen molar-refractivity contribution in [1.29, 1.82) is 0 Å². The highest BCUT2D eigenvalue weighted by Crippen LogP contribution is 2.37. The number of rotatable bonds is 3. The maximum atomic E-state index is 14.0. The topological polar surface area (TPSA) is 67.2 Å². The van der Waals surface area contributed by atoms with Crippen LogP contribution in [0.2, 0.25) is 0 Å². The predicted octanol–water partition coefficient (Wildman–Crippen LogP) is 3.17. The molecule has 0 N–H and O–H groups in total. The van der Waals surface area contributed by atoms with Crippen LogP contribution in [0, 0.1) is 11.7 Å². The molecule has 2 atom stereocenters. The number of pyridine rings is 1. The van der Waals surface area contributed by atoms with Crippen molar-refractivity contribution in [2.75, 3.05) is 24.5 Å². The van der Waals surface area contributed by atoms with Gasteiger partial charge in [-0.05, 0) is 36.8 Å². The van der Waals surface area contributed by atoms with Crippen LogP contribution in [-0.2, 0) is 6.18 Å². The number of piperidine rings is 1. The van der Waals surface area contributed by atoms with Crippen molar-refractivity contribution < 1.29 is 22.4 Å². The van der Waals surface area contributed by atoms with Gasteiger partial charge in [-0.25, -0.2) is 9.37 Å². The fourth-order valence-electron chi connectivity index (χ4n) is 4.35. The Morgan fingerprint density at radius 2 is 1.81 bits per heavy atom. The number of aromatic nitrogens is 4. The van der Waals surface area contributed by atoms with Crippen LogP contribution in [0.15, 0.2) is 48.9 Å². The minimum Gasteiger partial charge on any atom is -0.355 e. The van der Waals surface area contributed by atoms with E-state index in [2.05, 4.69) is 15.2 Å². The molecule has 4 heterocycles. The van der Waals surface area contributed by atoms with E-state index in [9.17, 15) is 22.4 Å². The number of amides is 1. The number of halogens is 4. The summed E-state index contributed by atoms with van der Waals surface area (Å²) in [7, 11) is 0. The van der Waals surface area contributed by atoms with E-state index < -0.39 is 17.6 Å². The van der Waals surface area contributed by atoms with Gasteiger partial charge < -0.3 is 9.80 Å². The molecule has 2 aromatic heterocycles. The first-order chi connectivity index (χ1) is 15.3. The van der Waals surface area contributed by atoms with Gasteiger partial charge in [-0.3, -0.25) is 4.79 Å². The average Bonchev–Trinajstić information content (AvgIpc) is 3.28. The monoisotopic (exact) mass is 446 g/mol. The third-order valence-electron chi connectivity index (χ3n) is 6.03. The Morgan fingerprint density at radius 3 is 2.56 bits per heavy atom. The van der Waals surface area contributed by atoms with Gasteiger partial charge in [0.2, 0.25) is 0 Å². The molecule has 2 saturated heterocycles. The molecule has 11 heteroatoms. The molecule has 1 aromatic carbocycles. The van der Waals surface area contributed by atoms with E-state index in [0.717, 1.165) is 30.8 Å².